The van der Waals surface area contributed by atoms with Crippen LogP contribution in [0.15, 0.2) is 29.1 Å². The monoisotopic (exact) mass is 213 g/mol. The maximum atomic E-state index is 11.7. The number of hydrogen-bond acceptors (Lipinski definition) is 3. The van der Waals surface area contributed by atoms with Crippen LogP contribution >= 0.6 is 0 Å². The first-order valence-electron chi connectivity index (χ1n) is 5.17. The second-order valence-electron chi connectivity index (χ2n) is 3.54. The van der Waals surface area contributed by atoms with E-state index in [1.165, 1.54) is 6.07 Å². The Morgan fingerprint density at radius 2 is 2.12 bits per heavy atom. The van der Waals surface area contributed by atoms with Crippen LogP contribution < -0.4 is 5.56 Å². The number of pyridine rings is 2. The summed E-state index contributed by atoms with van der Waals surface area (Å²) >= 11 is 0. The average Bonchev–Trinajstić information content (AvgIpc) is 2.32. The lowest BCUT2D eigenvalue weighted by atomic mass is 10.2. The van der Waals surface area contributed by atoms with E-state index in [1.807, 2.05) is 19.1 Å². The summed E-state index contributed by atoms with van der Waals surface area (Å²) in [6, 6.07) is 8.72. The van der Waals surface area contributed by atoms with Crippen molar-refractivity contribution < 1.29 is 0 Å². The Labute approximate surface area is 92.8 Å². The highest BCUT2D eigenvalue weighted by Gasteiger charge is 2.04. The highest BCUT2D eigenvalue weighted by Crippen LogP contribution is 2.10. The summed E-state index contributed by atoms with van der Waals surface area (Å²) < 4.78 is 1.61. The summed E-state index contributed by atoms with van der Waals surface area (Å²) in [5, 5.41) is 9.67. The molecule has 0 amide bonds. The van der Waals surface area contributed by atoms with Crippen molar-refractivity contribution in [2.75, 3.05) is 0 Å². The van der Waals surface area contributed by atoms with Crippen molar-refractivity contribution in [3.05, 3.63) is 40.3 Å². The summed E-state index contributed by atoms with van der Waals surface area (Å²) in [7, 11) is 0. The summed E-state index contributed by atoms with van der Waals surface area (Å²) in [5.41, 5.74) is 0.855. The summed E-state index contributed by atoms with van der Waals surface area (Å²) in [5.74, 6) is 0. The van der Waals surface area contributed by atoms with Gasteiger partial charge in [0.2, 0.25) is 0 Å². The number of fused-ring (bicyclic) bond motifs is 1. The second kappa shape index (κ2) is 4.15. The number of aromatic nitrogens is 2. The fraction of sp³-hybridized carbons (Fsp3) is 0.250. The lowest BCUT2D eigenvalue weighted by Crippen LogP contribution is -2.20. The van der Waals surface area contributed by atoms with Crippen LogP contribution in [0.4, 0.5) is 0 Å². The predicted octanol–water partition coefficient (Wildman–Crippen LogP) is 1.68. The Kier molecular flexibility index (Phi) is 2.69. The van der Waals surface area contributed by atoms with Crippen LogP contribution in [0.3, 0.4) is 0 Å². The van der Waals surface area contributed by atoms with E-state index in [4.69, 9.17) is 5.26 Å². The third-order valence-corrected chi connectivity index (χ3v) is 2.39. The molecule has 4 nitrogen and oxygen atoms in total. The summed E-state index contributed by atoms with van der Waals surface area (Å²) in [6.07, 6.45) is 0.859. The van der Waals surface area contributed by atoms with Crippen molar-refractivity contribution in [1.82, 2.24) is 9.55 Å². The van der Waals surface area contributed by atoms with E-state index < -0.39 is 0 Å². The van der Waals surface area contributed by atoms with E-state index in [-0.39, 0.29) is 5.56 Å². The SMILES string of the molecule is CCCn1c(=O)ccc2ccc(C#N)nc21. The van der Waals surface area contributed by atoms with Crippen molar-refractivity contribution in [3.8, 4) is 6.07 Å². The van der Waals surface area contributed by atoms with Gasteiger partial charge in [0, 0.05) is 18.0 Å². The number of rotatable bonds is 2. The van der Waals surface area contributed by atoms with Gasteiger partial charge < -0.3 is 0 Å². The Balaban J connectivity index is 2.79. The van der Waals surface area contributed by atoms with Crippen molar-refractivity contribution in [1.29, 1.82) is 5.26 Å². The first-order valence-corrected chi connectivity index (χ1v) is 5.17. The molecule has 16 heavy (non-hydrogen) atoms. The normalized spacial score (nSPS) is 10.2. The molecule has 0 N–H and O–H groups in total. The van der Waals surface area contributed by atoms with E-state index >= 15 is 0 Å². The maximum Gasteiger partial charge on any atom is 0.252 e. The van der Waals surface area contributed by atoms with Gasteiger partial charge in [0.1, 0.15) is 17.4 Å². The molecule has 2 aromatic heterocycles. The van der Waals surface area contributed by atoms with E-state index in [9.17, 15) is 4.79 Å². The number of nitrogens with zero attached hydrogens (tertiary/aromatic N) is 3. The summed E-state index contributed by atoms with van der Waals surface area (Å²) in [6.45, 7) is 2.62. The fourth-order valence-electron chi connectivity index (χ4n) is 1.66. The summed E-state index contributed by atoms with van der Waals surface area (Å²) in [4.78, 5) is 15.8. The first kappa shape index (κ1) is 10.4. The molecule has 2 aromatic rings. The lowest BCUT2D eigenvalue weighted by Gasteiger charge is -2.07. The van der Waals surface area contributed by atoms with Crippen LogP contribution in [0.5, 0.6) is 0 Å². The maximum absolute atomic E-state index is 11.7. The van der Waals surface area contributed by atoms with Crippen molar-refractivity contribution in [2.24, 2.45) is 0 Å². The molecule has 4 heteroatoms. The quantitative estimate of drug-likeness (QED) is 0.762. The molecule has 0 aliphatic rings. The molecule has 0 saturated heterocycles. The molecule has 2 heterocycles. The van der Waals surface area contributed by atoms with Gasteiger partial charge >= 0.3 is 0 Å². The Morgan fingerprint density at radius 1 is 1.38 bits per heavy atom. The van der Waals surface area contributed by atoms with Crippen LogP contribution in [0.2, 0.25) is 0 Å². The van der Waals surface area contributed by atoms with Crippen LogP contribution in [-0.4, -0.2) is 9.55 Å². The first-order chi connectivity index (χ1) is 7.76. The minimum Gasteiger partial charge on any atom is -0.293 e. The number of nitriles is 1. The molecular formula is C12H11N3O. The molecule has 0 aliphatic heterocycles. The molecule has 80 valence electrons. The van der Waals surface area contributed by atoms with Crippen molar-refractivity contribution >= 4 is 11.0 Å². The zero-order valence-corrected chi connectivity index (χ0v) is 8.97. The molecule has 0 saturated carbocycles. The molecule has 0 unspecified atom stereocenters. The molecule has 0 bridgehead atoms. The number of aryl methyl sites for hydroxylation is 1. The molecule has 0 atom stereocenters. The van der Waals surface area contributed by atoms with Gasteiger partial charge in [0.15, 0.2) is 0 Å². The Bertz CT molecular complexity index is 622. The second-order valence-corrected chi connectivity index (χ2v) is 3.54. The highest BCUT2D eigenvalue weighted by molar-refractivity contribution is 5.75. The smallest absolute Gasteiger partial charge is 0.252 e. The van der Waals surface area contributed by atoms with Gasteiger partial charge in [-0.1, -0.05) is 6.92 Å². The molecular weight excluding hydrogens is 202 g/mol. The van der Waals surface area contributed by atoms with Crippen LogP contribution in [0.1, 0.15) is 19.0 Å². The third kappa shape index (κ3) is 1.68. The van der Waals surface area contributed by atoms with Gasteiger partial charge in [-0.15, -0.1) is 0 Å². The van der Waals surface area contributed by atoms with Crippen LogP contribution in [0, 0.1) is 11.3 Å². The van der Waals surface area contributed by atoms with E-state index in [0.717, 1.165) is 11.8 Å². The minimum atomic E-state index is -0.0723. The lowest BCUT2D eigenvalue weighted by molar-refractivity contribution is 0.671. The van der Waals surface area contributed by atoms with Crippen LogP contribution in [-0.2, 0) is 6.54 Å². The zero-order chi connectivity index (χ0) is 11.5. The van der Waals surface area contributed by atoms with Gasteiger partial charge in [-0.2, -0.15) is 5.26 Å². The molecule has 2 rings (SSSR count). The van der Waals surface area contributed by atoms with Crippen molar-refractivity contribution in [2.45, 2.75) is 19.9 Å². The molecule has 0 aliphatic carbocycles. The topological polar surface area (TPSA) is 58.7 Å². The van der Waals surface area contributed by atoms with Gasteiger partial charge in [-0.3, -0.25) is 9.36 Å². The number of hydrogen-bond donors (Lipinski definition) is 0. The van der Waals surface area contributed by atoms with Gasteiger partial charge in [0.25, 0.3) is 5.56 Å². The van der Waals surface area contributed by atoms with Gasteiger partial charge in [-0.05, 0) is 24.6 Å². The van der Waals surface area contributed by atoms with Crippen LogP contribution in [0.25, 0.3) is 11.0 Å². The van der Waals surface area contributed by atoms with E-state index in [0.29, 0.717) is 17.9 Å². The van der Waals surface area contributed by atoms with E-state index in [2.05, 4.69) is 4.98 Å². The molecule has 0 fully saturated rings. The average molecular weight is 213 g/mol. The van der Waals surface area contributed by atoms with Crippen molar-refractivity contribution in [3.63, 3.8) is 0 Å². The fourth-order valence-corrected chi connectivity index (χ4v) is 1.66. The largest absolute Gasteiger partial charge is 0.293 e. The molecule has 0 radical (unpaired) electrons. The standard InChI is InChI=1S/C12H11N3O/c1-2-7-15-11(16)6-4-9-3-5-10(8-13)14-12(9)15/h3-6H,2,7H2,1H3. The van der Waals surface area contributed by atoms with Gasteiger partial charge in [0.05, 0.1) is 0 Å². The molecule has 0 aromatic carbocycles. The zero-order valence-electron chi connectivity index (χ0n) is 8.97. The Morgan fingerprint density at radius 3 is 2.81 bits per heavy atom. The highest BCUT2D eigenvalue weighted by atomic mass is 16.1. The van der Waals surface area contributed by atoms with Gasteiger partial charge in [-0.25, -0.2) is 4.98 Å². The van der Waals surface area contributed by atoms with E-state index in [1.54, 1.807) is 16.7 Å². The minimum absolute atomic E-state index is 0.0723. The Hall–Kier alpha value is -2.15. The predicted molar refractivity (Wildman–Crippen MR) is 61.0 cm³/mol. The molecule has 0 spiro atoms. The third-order valence-electron chi connectivity index (χ3n) is 2.39.